The van der Waals surface area contributed by atoms with Gasteiger partial charge in [0.05, 0.1) is 5.69 Å². The molecule has 3 rings (SSSR count). The third-order valence-electron chi connectivity index (χ3n) is 3.46. The lowest BCUT2D eigenvalue weighted by molar-refractivity contribution is 0.928. The lowest BCUT2D eigenvalue weighted by Gasteiger charge is -2.13. The highest BCUT2D eigenvalue weighted by atomic mass is 15.1. The summed E-state index contributed by atoms with van der Waals surface area (Å²) in [5.41, 5.74) is 3.37. The summed E-state index contributed by atoms with van der Waals surface area (Å²) in [4.78, 5) is 12.9. The summed E-state index contributed by atoms with van der Waals surface area (Å²) in [6, 6.07) is 5.96. The quantitative estimate of drug-likeness (QED) is 0.798. The van der Waals surface area contributed by atoms with Gasteiger partial charge in [-0.1, -0.05) is 0 Å². The number of aromatic nitrogens is 4. The SMILES string of the molecule is Cc1ccncc1CNc1cccnc1-n1ccnc1C. The zero-order valence-corrected chi connectivity index (χ0v) is 12.1. The molecular weight excluding hydrogens is 262 g/mol. The molecule has 3 aromatic rings. The van der Waals surface area contributed by atoms with Crippen LogP contribution in [0.1, 0.15) is 17.0 Å². The molecule has 0 radical (unpaired) electrons. The van der Waals surface area contributed by atoms with E-state index in [9.17, 15) is 0 Å². The van der Waals surface area contributed by atoms with Crippen molar-refractivity contribution in [3.8, 4) is 5.82 Å². The standard InChI is InChI=1S/C16H17N5/c1-12-5-7-17-10-14(12)11-20-15-4-3-6-19-16(15)21-9-8-18-13(21)2/h3-10,20H,11H2,1-2H3. The van der Waals surface area contributed by atoms with Crippen molar-refractivity contribution >= 4 is 5.69 Å². The molecule has 0 amide bonds. The summed E-state index contributed by atoms with van der Waals surface area (Å²) in [6.45, 7) is 4.76. The van der Waals surface area contributed by atoms with Crippen LogP contribution in [0.25, 0.3) is 5.82 Å². The van der Waals surface area contributed by atoms with Gasteiger partial charge in [0.25, 0.3) is 0 Å². The average molecular weight is 279 g/mol. The van der Waals surface area contributed by atoms with Gasteiger partial charge >= 0.3 is 0 Å². The first-order valence-electron chi connectivity index (χ1n) is 6.84. The zero-order chi connectivity index (χ0) is 14.7. The Morgan fingerprint density at radius 1 is 1.10 bits per heavy atom. The second-order valence-electron chi connectivity index (χ2n) is 4.87. The number of nitrogens with one attached hydrogen (secondary N) is 1. The van der Waals surface area contributed by atoms with Crippen LogP contribution >= 0.6 is 0 Å². The van der Waals surface area contributed by atoms with E-state index in [1.807, 2.05) is 48.3 Å². The molecule has 0 unspecified atom stereocenters. The molecule has 0 aromatic carbocycles. The van der Waals surface area contributed by atoms with Crippen LogP contribution in [0.15, 0.2) is 49.2 Å². The summed E-state index contributed by atoms with van der Waals surface area (Å²) in [5, 5.41) is 3.43. The van der Waals surface area contributed by atoms with Crippen molar-refractivity contribution in [1.82, 2.24) is 19.5 Å². The van der Waals surface area contributed by atoms with E-state index in [4.69, 9.17) is 0 Å². The summed E-state index contributed by atoms with van der Waals surface area (Å²) in [6.07, 6.45) is 9.18. The van der Waals surface area contributed by atoms with Gasteiger partial charge in [-0.25, -0.2) is 9.97 Å². The van der Waals surface area contributed by atoms with Crippen LogP contribution in [-0.4, -0.2) is 19.5 Å². The number of nitrogens with zero attached hydrogens (tertiary/aromatic N) is 4. The molecule has 3 heterocycles. The van der Waals surface area contributed by atoms with Crippen molar-refractivity contribution in [2.45, 2.75) is 20.4 Å². The van der Waals surface area contributed by atoms with Crippen LogP contribution in [0.5, 0.6) is 0 Å². The Hall–Kier alpha value is -2.69. The Kier molecular flexibility index (Phi) is 3.64. The highest BCUT2D eigenvalue weighted by molar-refractivity contribution is 5.57. The van der Waals surface area contributed by atoms with Gasteiger partial charge in [-0.3, -0.25) is 9.55 Å². The van der Waals surface area contributed by atoms with Crippen LogP contribution in [0.3, 0.4) is 0 Å². The first-order valence-corrected chi connectivity index (χ1v) is 6.84. The Bertz CT molecular complexity index is 748. The van der Waals surface area contributed by atoms with E-state index in [1.165, 1.54) is 11.1 Å². The fourth-order valence-corrected chi connectivity index (χ4v) is 2.20. The highest BCUT2D eigenvalue weighted by Crippen LogP contribution is 2.19. The molecule has 0 atom stereocenters. The minimum absolute atomic E-state index is 0.714. The lowest BCUT2D eigenvalue weighted by atomic mass is 10.1. The van der Waals surface area contributed by atoms with Crippen molar-refractivity contribution in [3.63, 3.8) is 0 Å². The zero-order valence-electron chi connectivity index (χ0n) is 12.1. The van der Waals surface area contributed by atoms with Crippen molar-refractivity contribution in [2.24, 2.45) is 0 Å². The second kappa shape index (κ2) is 5.75. The summed E-state index contributed by atoms with van der Waals surface area (Å²) < 4.78 is 1.97. The number of rotatable bonds is 4. The van der Waals surface area contributed by atoms with Crippen molar-refractivity contribution in [1.29, 1.82) is 0 Å². The fourth-order valence-electron chi connectivity index (χ4n) is 2.20. The van der Waals surface area contributed by atoms with Crippen molar-refractivity contribution in [2.75, 3.05) is 5.32 Å². The van der Waals surface area contributed by atoms with Crippen molar-refractivity contribution < 1.29 is 0 Å². The second-order valence-corrected chi connectivity index (χ2v) is 4.87. The minimum atomic E-state index is 0.714. The van der Waals surface area contributed by atoms with Gasteiger partial charge < -0.3 is 5.32 Å². The molecule has 3 aromatic heterocycles. The van der Waals surface area contributed by atoms with Gasteiger partial charge in [0.15, 0.2) is 5.82 Å². The summed E-state index contributed by atoms with van der Waals surface area (Å²) in [7, 11) is 0. The molecule has 1 N–H and O–H groups in total. The molecule has 5 nitrogen and oxygen atoms in total. The Balaban J connectivity index is 1.87. The average Bonchev–Trinajstić information content (AvgIpc) is 2.93. The van der Waals surface area contributed by atoms with Crippen molar-refractivity contribution in [3.05, 3.63) is 66.1 Å². The summed E-state index contributed by atoms with van der Waals surface area (Å²) >= 11 is 0. The number of imidazole rings is 1. The van der Waals surface area contributed by atoms with Gasteiger partial charge in [-0.2, -0.15) is 0 Å². The maximum absolute atomic E-state index is 4.46. The molecule has 0 bridgehead atoms. The van der Waals surface area contributed by atoms with Crippen LogP contribution in [-0.2, 0) is 6.54 Å². The van der Waals surface area contributed by atoms with E-state index < -0.39 is 0 Å². The predicted molar refractivity (Wildman–Crippen MR) is 82.4 cm³/mol. The molecule has 5 heteroatoms. The Morgan fingerprint density at radius 3 is 2.76 bits per heavy atom. The normalized spacial score (nSPS) is 10.6. The van der Waals surface area contributed by atoms with Gasteiger partial charge in [0.1, 0.15) is 5.82 Å². The Labute approximate surface area is 123 Å². The van der Waals surface area contributed by atoms with Crippen LogP contribution in [0.4, 0.5) is 5.69 Å². The van der Waals surface area contributed by atoms with Crippen LogP contribution in [0, 0.1) is 13.8 Å². The molecule has 0 spiro atoms. The lowest BCUT2D eigenvalue weighted by Crippen LogP contribution is -2.07. The predicted octanol–water partition coefficient (Wildman–Crippen LogP) is 2.89. The van der Waals surface area contributed by atoms with E-state index in [0.717, 1.165) is 17.3 Å². The largest absolute Gasteiger partial charge is 0.378 e. The maximum atomic E-state index is 4.46. The first kappa shape index (κ1) is 13.3. The number of hydrogen-bond donors (Lipinski definition) is 1. The smallest absolute Gasteiger partial charge is 0.161 e. The monoisotopic (exact) mass is 279 g/mol. The van der Waals surface area contributed by atoms with E-state index >= 15 is 0 Å². The summed E-state index contributed by atoms with van der Waals surface area (Å²) in [5.74, 6) is 1.77. The molecule has 0 aliphatic carbocycles. The number of hydrogen-bond acceptors (Lipinski definition) is 4. The van der Waals surface area contributed by atoms with E-state index in [2.05, 4.69) is 27.2 Å². The molecule has 0 saturated carbocycles. The molecule has 106 valence electrons. The number of anilines is 1. The van der Waals surface area contributed by atoms with E-state index in [-0.39, 0.29) is 0 Å². The molecule has 0 aliphatic heterocycles. The van der Waals surface area contributed by atoms with Crippen LogP contribution in [0.2, 0.25) is 0 Å². The van der Waals surface area contributed by atoms with Gasteiger partial charge in [0, 0.05) is 37.5 Å². The Morgan fingerprint density at radius 2 is 2.00 bits per heavy atom. The molecule has 0 fully saturated rings. The topological polar surface area (TPSA) is 55.6 Å². The van der Waals surface area contributed by atoms with Gasteiger partial charge in [-0.05, 0) is 43.2 Å². The van der Waals surface area contributed by atoms with Gasteiger partial charge in [-0.15, -0.1) is 0 Å². The number of aryl methyl sites for hydroxylation is 2. The molecule has 0 aliphatic rings. The van der Waals surface area contributed by atoms with Gasteiger partial charge in [0.2, 0.25) is 0 Å². The molecule has 0 saturated heterocycles. The maximum Gasteiger partial charge on any atom is 0.161 e. The fraction of sp³-hybridized carbons (Fsp3) is 0.188. The van der Waals surface area contributed by atoms with E-state index in [1.54, 1.807) is 12.4 Å². The van der Waals surface area contributed by atoms with Crippen LogP contribution < -0.4 is 5.32 Å². The minimum Gasteiger partial charge on any atom is -0.378 e. The third kappa shape index (κ3) is 2.76. The molecule has 21 heavy (non-hydrogen) atoms. The van der Waals surface area contributed by atoms with E-state index in [0.29, 0.717) is 6.54 Å². The molecular formula is C16H17N5. The number of pyridine rings is 2. The highest BCUT2D eigenvalue weighted by Gasteiger charge is 2.08. The third-order valence-corrected chi connectivity index (χ3v) is 3.46. The first-order chi connectivity index (χ1) is 10.3.